The van der Waals surface area contributed by atoms with Crippen molar-refractivity contribution in [1.29, 1.82) is 0 Å². The number of hydrogen-bond donors (Lipinski definition) is 0. The summed E-state index contributed by atoms with van der Waals surface area (Å²) < 4.78 is 11.5. The molecule has 2 aliphatic rings. The van der Waals surface area contributed by atoms with Crippen LogP contribution in [0.5, 0.6) is 0 Å². The van der Waals surface area contributed by atoms with Crippen molar-refractivity contribution < 1.29 is 19.1 Å². The van der Waals surface area contributed by atoms with Crippen molar-refractivity contribution in [3.8, 4) is 0 Å². The number of esters is 2. The van der Waals surface area contributed by atoms with Crippen LogP contribution in [0.15, 0.2) is 0 Å². The van der Waals surface area contributed by atoms with Gasteiger partial charge in [0.2, 0.25) is 0 Å². The van der Waals surface area contributed by atoms with Crippen molar-refractivity contribution in [3.05, 3.63) is 0 Å². The topological polar surface area (TPSA) is 52.6 Å². The second-order valence-corrected chi connectivity index (χ2v) is 8.97. The lowest BCUT2D eigenvalue weighted by Gasteiger charge is -2.31. The maximum Gasteiger partial charge on any atom is 0.310 e. The SMILES string of the molecule is CCCCCC(CCC)COC(=O)C1CCCCC1C(=O)OC1CCCCC1. The molecule has 28 heavy (non-hydrogen) atoms. The highest BCUT2D eigenvalue weighted by Gasteiger charge is 2.39. The Hall–Kier alpha value is -1.06. The van der Waals surface area contributed by atoms with E-state index in [9.17, 15) is 9.59 Å². The molecule has 0 heterocycles. The van der Waals surface area contributed by atoms with E-state index in [1.807, 2.05) is 0 Å². The predicted octanol–water partition coefficient (Wildman–Crippen LogP) is 6.21. The maximum absolute atomic E-state index is 12.8. The summed E-state index contributed by atoms with van der Waals surface area (Å²) in [5.41, 5.74) is 0. The van der Waals surface area contributed by atoms with Crippen LogP contribution in [0, 0.1) is 17.8 Å². The Morgan fingerprint density at radius 2 is 1.43 bits per heavy atom. The smallest absolute Gasteiger partial charge is 0.310 e. The van der Waals surface area contributed by atoms with E-state index in [0.29, 0.717) is 12.5 Å². The molecule has 3 unspecified atom stereocenters. The number of rotatable bonds is 11. The molecule has 2 fully saturated rings. The summed E-state index contributed by atoms with van der Waals surface area (Å²) in [7, 11) is 0. The van der Waals surface area contributed by atoms with Crippen LogP contribution in [0.25, 0.3) is 0 Å². The van der Waals surface area contributed by atoms with Gasteiger partial charge in [0.05, 0.1) is 18.4 Å². The molecular weight excluding hydrogens is 352 g/mol. The van der Waals surface area contributed by atoms with Crippen molar-refractivity contribution in [2.75, 3.05) is 6.61 Å². The molecule has 162 valence electrons. The highest BCUT2D eigenvalue weighted by atomic mass is 16.5. The predicted molar refractivity (Wildman–Crippen MR) is 112 cm³/mol. The number of unbranched alkanes of at least 4 members (excludes halogenated alkanes) is 2. The molecule has 0 N–H and O–H groups in total. The molecule has 0 aromatic heterocycles. The molecule has 0 aromatic rings. The number of ether oxygens (including phenoxy) is 2. The minimum absolute atomic E-state index is 0.0624. The first-order valence-corrected chi connectivity index (χ1v) is 12.0. The van der Waals surface area contributed by atoms with Gasteiger partial charge < -0.3 is 9.47 Å². The standard InChI is InChI=1S/C24H42O4/c1-3-5-7-13-19(12-4-2)18-27-23(25)21-16-10-11-17-22(21)24(26)28-20-14-8-6-9-15-20/h19-22H,3-18H2,1-2H3. The lowest BCUT2D eigenvalue weighted by molar-refractivity contribution is -0.167. The normalized spacial score (nSPS) is 24.5. The Labute approximate surface area is 172 Å². The van der Waals surface area contributed by atoms with Crippen LogP contribution in [-0.2, 0) is 19.1 Å². The lowest BCUT2D eigenvalue weighted by atomic mass is 9.79. The summed E-state index contributed by atoms with van der Waals surface area (Å²) in [5.74, 6) is -0.462. The highest BCUT2D eigenvalue weighted by Crippen LogP contribution is 2.33. The third-order valence-electron chi connectivity index (χ3n) is 6.58. The fourth-order valence-electron chi connectivity index (χ4n) is 4.84. The molecule has 4 nitrogen and oxygen atoms in total. The van der Waals surface area contributed by atoms with Crippen molar-refractivity contribution in [2.45, 2.75) is 116 Å². The van der Waals surface area contributed by atoms with Crippen molar-refractivity contribution in [3.63, 3.8) is 0 Å². The third kappa shape index (κ3) is 7.75. The van der Waals surface area contributed by atoms with Gasteiger partial charge in [-0.15, -0.1) is 0 Å². The van der Waals surface area contributed by atoms with Gasteiger partial charge in [0.15, 0.2) is 0 Å². The molecule has 4 heteroatoms. The minimum atomic E-state index is -0.303. The summed E-state index contributed by atoms with van der Waals surface area (Å²) in [5, 5.41) is 0. The Bertz CT molecular complexity index is 456. The fourth-order valence-corrected chi connectivity index (χ4v) is 4.84. The van der Waals surface area contributed by atoms with Crippen LogP contribution < -0.4 is 0 Å². The minimum Gasteiger partial charge on any atom is -0.465 e. The molecule has 0 amide bonds. The van der Waals surface area contributed by atoms with E-state index in [4.69, 9.17) is 9.47 Å². The van der Waals surface area contributed by atoms with Crippen LogP contribution in [0.2, 0.25) is 0 Å². The third-order valence-corrected chi connectivity index (χ3v) is 6.58. The first kappa shape index (κ1) is 23.2. The molecule has 2 saturated carbocycles. The van der Waals surface area contributed by atoms with Crippen LogP contribution in [0.3, 0.4) is 0 Å². The van der Waals surface area contributed by atoms with E-state index in [0.717, 1.165) is 70.6 Å². The maximum atomic E-state index is 12.8. The molecule has 0 radical (unpaired) electrons. The zero-order valence-electron chi connectivity index (χ0n) is 18.3. The highest BCUT2D eigenvalue weighted by molar-refractivity contribution is 5.82. The van der Waals surface area contributed by atoms with Gasteiger partial charge in [0.25, 0.3) is 0 Å². The van der Waals surface area contributed by atoms with Crippen molar-refractivity contribution in [2.24, 2.45) is 17.8 Å². The van der Waals surface area contributed by atoms with Crippen molar-refractivity contribution in [1.82, 2.24) is 0 Å². The van der Waals surface area contributed by atoms with Crippen LogP contribution in [0.4, 0.5) is 0 Å². The Kier molecular flexibility index (Phi) is 11.0. The second-order valence-electron chi connectivity index (χ2n) is 8.97. The summed E-state index contributed by atoms with van der Waals surface area (Å²) in [4.78, 5) is 25.6. The zero-order valence-corrected chi connectivity index (χ0v) is 18.3. The molecule has 0 aromatic carbocycles. The van der Waals surface area contributed by atoms with Gasteiger partial charge in [-0.05, 0) is 57.3 Å². The quantitative estimate of drug-likeness (QED) is 0.309. The molecule has 2 rings (SSSR count). The van der Waals surface area contributed by atoms with E-state index in [-0.39, 0.29) is 29.9 Å². The largest absolute Gasteiger partial charge is 0.465 e. The lowest BCUT2D eigenvalue weighted by Crippen LogP contribution is -2.37. The molecule has 0 spiro atoms. The summed E-state index contributed by atoms with van der Waals surface area (Å²) in [6, 6.07) is 0. The van der Waals surface area contributed by atoms with Gasteiger partial charge in [0.1, 0.15) is 6.10 Å². The Morgan fingerprint density at radius 1 is 0.786 bits per heavy atom. The first-order valence-electron chi connectivity index (χ1n) is 12.0. The van der Waals surface area contributed by atoms with E-state index in [2.05, 4.69) is 13.8 Å². The van der Waals surface area contributed by atoms with Gasteiger partial charge in [-0.2, -0.15) is 0 Å². The zero-order chi connectivity index (χ0) is 20.2. The summed E-state index contributed by atoms with van der Waals surface area (Å²) in [6.07, 6.45) is 16.1. The van der Waals surface area contributed by atoms with E-state index < -0.39 is 0 Å². The fraction of sp³-hybridized carbons (Fsp3) is 0.917. The van der Waals surface area contributed by atoms with Crippen molar-refractivity contribution >= 4 is 11.9 Å². The van der Waals surface area contributed by atoms with Crippen LogP contribution in [0.1, 0.15) is 110 Å². The average Bonchev–Trinajstić information content (AvgIpc) is 2.72. The Balaban J connectivity index is 1.84. The summed E-state index contributed by atoms with van der Waals surface area (Å²) >= 11 is 0. The molecule has 0 aliphatic heterocycles. The monoisotopic (exact) mass is 394 g/mol. The number of carbonyl (C=O) groups excluding carboxylic acids is 2. The Morgan fingerprint density at radius 3 is 2.07 bits per heavy atom. The van der Waals surface area contributed by atoms with Gasteiger partial charge >= 0.3 is 11.9 Å². The molecular formula is C24H42O4. The van der Waals surface area contributed by atoms with Gasteiger partial charge in [-0.3, -0.25) is 9.59 Å². The number of hydrogen-bond acceptors (Lipinski definition) is 4. The molecule has 2 aliphatic carbocycles. The molecule has 0 saturated heterocycles. The van der Waals surface area contributed by atoms with Gasteiger partial charge in [0, 0.05) is 0 Å². The van der Waals surface area contributed by atoms with Gasteiger partial charge in [-0.25, -0.2) is 0 Å². The first-order chi connectivity index (χ1) is 13.7. The van der Waals surface area contributed by atoms with E-state index >= 15 is 0 Å². The van der Waals surface area contributed by atoms with Gasteiger partial charge in [-0.1, -0.05) is 58.8 Å². The molecule has 3 atom stereocenters. The average molecular weight is 395 g/mol. The summed E-state index contributed by atoms with van der Waals surface area (Å²) in [6.45, 7) is 4.91. The van der Waals surface area contributed by atoms with E-state index in [1.165, 1.54) is 25.7 Å². The number of carbonyl (C=O) groups is 2. The van der Waals surface area contributed by atoms with E-state index in [1.54, 1.807) is 0 Å². The van der Waals surface area contributed by atoms with Crippen LogP contribution in [-0.4, -0.2) is 24.6 Å². The second kappa shape index (κ2) is 13.2. The molecule has 0 bridgehead atoms. The van der Waals surface area contributed by atoms with Crippen LogP contribution >= 0.6 is 0 Å².